The Morgan fingerprint density at radius 2 is 2.36 bits per heavy atom. The van der Waals surface area contributed by atoms with Crippen LogP contribution in [-0.2, 0) is 9.47 Å². The Morgan fingerprint density at radius 1 is 1.82 bits per heavy atom. The third kappa shape index (κ3) is 10.2. The van der Waals surface area contributed by atoms with E-state index in [0.29, 0.717) is 18.6 Å². The summed E-state index contributed by atoms with van der Waals surface area (Å²) < 4.78 is 9.28. The highest BCUT2D eigenvalue weighted by Crippen LogP contribution is 2.08. The molecule has 2 unspecified atom stereocenters. The Hall–Kier alpha value is 0.170. The molecule has 1 N–H and O–H groups in total. The van der Waals surface area contributed by atoms with E-state index in [2.05, 4.69) is 4.74 Å². The smallest absolute Gasteiger partial charge is 0.0944 e. The van der Waals surface area contributed by atoms with Crippen LogP contribution in [0, 0.1) is 0 Å². The van der Waals surface area contributed by atoms with Gasteiger partial charge in [0.1, 0.15) is 0 Å². The van der Waals surface area contributed by atoms with Crippen LogP contribution in [0.4, 0.5) is 0 Å². The van der Waals surface area contributed by atoms with Crippen LogP contribution in [0.25, 0.3) is 0 Å². The number of hydrogen-bond acceptors (Lipinski definition) is 3. The van der Waals surface area contributed by atoms with Gasteiger partial charge in [-0.3, -0.25) is 0 Å². The molecule has 0 saturated carbocycles. The molecule has 1 aliphatic heterocycles. The average Bonchev–Trinajstić information content (AvgIpc) is 2.69. The van der Waals surface area contributed by atoms with Crippen molar-refractivity contribution < 1.29 is 14.6 Å². The first-order valence-electron chi connectivity index (χ1n) is 3.55. The Morgan fingerprint density at radius 3 is 2.36 bits per heavy atom. The van der Waals surface area contributed by atoms with Crippen molar-refractivity contribution >= 4 is 11.6 Å². The molecule has 0 aromatic rings. The van der Waals surface area contributed by atoms with Crippen molar-refractivity contribution in [2.75, 3.05) is 26.2 Å². The van der Waals surface area contributed by atoms with Gasteiger partial charge in [0.15, 0.2) is 0 Å². The van der Waals surface area contributed by atoms with E-state index in [-0.39, 0.29) is 6.10 Å². The molecule has 1 heterocycles. The molecule has 0 amide bonds. The monoisotopic (exact) mass is 182 g/mol. The maximum atomic E-state index is 8.43. The molecule has 0 radical (unpaired) electrons. The minimum absolute atomic E-state index is 0.324. The van der Waals surface area contributed by atoms with Gasteiger partial charge in [0.05, 0.1) is 31.3 Å². The van der Waals surface area contributed by atoms with E-state index in [9.17, 15) is 0 Å². The maximum absolute atomic E-state index is 8.43. The van der Waals surface area contributed by atoms with Gasteiger partial charge in [-0.25, -0.2) is 0 Å². The summed E-state index contributed by atoms with van der Waals surface area (Å²) in [6.07, 6.45) is 0.0756. The van der Waals surface area contributed by atoms with Gasteiger partial charge in [-0.2, -0.15) is 0 Å². The molecule has 0 bridgehead atoms. The molecule has 0 spiro atoms. The second-order valence-electron chi connectivity index (χ2n) is 2.41. The highest BCUT2D eigenvalue weighted by atomic mass is 35.5. The molecule has 2 atom stereocenters. The molecule has 0 aliphatic carbocycles. The second kappa shape index (κ2) is 6.85. The number of epoxide rings is 1. The molecule has 1 rings (SSSR count). The molecule has 3 nitrogen and oxygen atoms in total. The molecular weight excluding hydrogens is 168 g/mol. The van der Waals surface area contributed by atoms with E-state index in [1.165, 1.54) is 0 Å². The maximum Gasteiger partial charge on any atom is 0.0944 e. The van der Waals surface area contributed by atoms with Crippen molar-refractivity contribution in [2.24, 2.45) is 0 Å². The zero-order chi connectivity index (χ0) is 8.69. The third-order valence-electron chi connectivity index (χ3n) is 0.982. The van der Waals surface area contributed by atoms with Crippen LogP contribution in [0.15, 0.2) is 0 Å². The Balaban J connectivity index is 0.000000183. The summed E-state index contributed by atoms with van der Waals surface area (Å²) in [7, 11) is 1.56. The Bertz CT molecular complexity index is 83.8. The van der Waals surface area contributed by atoms with Crippen LogP contribution in [0.2, 0.25) is 0 Å². The van der Waals surface area contributed by atoms with Gasteiger partial charge in [-0.15, -0.1) is 11.6 Å². The molecule has 11 heavy (non-hydrogen) atoms. The third-order valence-corrected chi connectivity index (χ3v) is 1.33. The molecule has 1 aliphatic rings. The Labute approximate surface area is 72.3 Å². The van der Waals surface area contributed by atoms with E-state index in [4.69, 9.17) is 21.4 Å². The lowest BCUT2D eigenvalue weighted by Crippen LogP contribution is -2.07. The van der Waals surface area contributed by atoms with E-state index in [1.54, 1.807) is 14.0 Å². The minimum atomic E-state index is -0.324. The van der Waals surface area contributed by atoms with Gasteiger partial charge < -0.3 is 14.6 Å². The fourth-order valence-electron chi connectivity index (χ4n) is 0.398. The number of alkyl halides is 1. The van der Waals surface area contributed by atoms with Crippen LogP contribution in [-0.4, -0.2) is 43.5 Å². The van der Waals surface area contributed by atoms with E-state index < -0.39 is 0 Å². The van der Waals surface area contributed by atoms with Crippen molar-refractivity contribution in [1.29, 1.82) is 0 Å². The normalized spacial score (nSPS) is 23.5. The van der Waals surface area contributed by atoms with Crippen molar-refractivity contribution in [3.05, 3.63) is 0 Å². The van der Waals surface area contributed by atoms with Crippen LogP contribution in [0.3, 0.4) is 0 Å². The topological polar surface area (TPSA) is 42.0 Å². The highest BCUT2D eigenvalue weighted by molar-refractivity contribution is 6.18. The fraction of sp³-hybridized carbons (Fsp3) is 1.00. The van der Waals surface area contributed by atoms with E-state index in [1.807, 2.05) is 0 Å². The van der Waals surface area contributed by atoms with Gasteiger partial charge in [-0.05, 0) is 6.92 Å². The number of aliphatic hydroxyl groups excluding tert-OH is 1. The van der Waals surface area contributed by atoms with Gasteiger partial charge in [0.2, 0.25) is 0 Å². The summed E-state index contributed by atoms with van der Waals surface area (Å²) in [5.41, 5.74) is 0. The second-order valence-corrected chi connectivity index (χ2v) is 2.72. The summed E-state index contributed by atoms with van der Waals surface area (Å²) in [6.45, 7) is 2.99. The molecule has 0 aromatic heterocycles. The van der Waals surface area contributed by atoms with Crippen LogP contribution in [0.5, 0.6) is 0 Å². The first-order valence-corrected chi connectivity index (χ1v) is 4.08. The number of methoxy groups -OCH3 is 1. The molecule has 0 aromatic carbocycles. The van der Waals surface area contributed by atoms with Gasteiger partial charge in [0.25, 0.3) is 0 Å². The number of ether oxygens (including phenoxy) is 2. The largest absolute Gasteiger partial charge is 0.391 e. The predicted molar refractivity (Wildman–Crippen MR) is 44.0 cm³/mol. The molecule has 1 saturated heterocycles. The quantitative estimate of drug-likeness (QED) is 0.515. The predicted octanol–water partition coefficient (Wildman–Crippen LogP) is 0.638. The zero-order valence-electron chi connectivity index (χ0n) is 6.92. The van der Waals surface area contributed by atoms with Crippen LogP contribution in [0.1, 0.15) is 6.92 Å². The minimum Gasteiger partial charge on any atom is -0.391 e. The first kappa shape index (κ1) is 11.2. The van der Waals surface area contributed by atoms with Gasteiger partial charge >= 0.3 is 0 Å². The van der Waals surface area contributed by atoms with E-state index >= 15 is 0 Å². The van der Waals surface area contributed by atoms with E-state index in [0.717, 1.165) is 6.61 Å². The number of halogens is 1. The number of hydrogen-bond donors (Lipinski definition) is 1. The van der Waals surface area contributed by atoms with Crippen LogP contribution >= 0.6 is 11.6 Å². The van der Waals surface area contributed by atoms with Gasteiger partial charge in [-0.1, -0.05) is 0 Å². The molecule has 1 fully saturated rings. The summed E-state index contributed by atoms with van der Waals surface area (Å²) in [4.78, 5) is 0. The fourth-order valence-corrected chi connectivity index (χ4v) is 0.577. The number of aliphatic hydroxyl groups is 1. The standard InChI is InChI=1S/C4H10O2.C3H5ClO/c1-4(5)3-6-2;4-1-3-2-5-3/h4-5H,3H2,1-2H3;3H,1-2H2. The van der Waals surface area contributed by atoms with Crippen molar-refractivity contribution in [2.45, 2.75) is 19.1 Å². The lowest BCUT2D eigenvalue weighted by Gasteiger charge is -1.97. The number of rotatable bonds is 3. The SMILES string of the molecule is COCC(C)O.ClCC1CO1. The lowest BCUT2D eigenvalue weighted by atomic mass is 10.5. The first-order chi connectivity index (χ1) is 5.20. The van der Waals surface area contributed by atoms with Crippen molar-refractivity contribution in [1.82, 2.24) is 0 Å². The van der Waals surface area contributed by atoms with Gasteiger partial charge in [0, 0.05) is 7.11 Å². The lowest BCUT2D eigenvalue weighted by molar-refractivity contribution is 0.0765. The summed E-state index contributed by atoms with van der Waals surface area (Å²) in [6, 6.07) is 0. The Kier molecular flexibility index (Phi) is 6.96. The highest BCUT2D eigenvalue weighted by Gasteiger charge is 2.19. The average molecular weight is 183 g/mol. The van der Waals surface area contributed by atoms with Crippen molar-refractivity contribution in [3.8, 4) is 0 Å². The molecule has 68 valence electrons. The molecular formula is C7H15ClO3. The summed E-state index contributed by atoms with van der Waals surface area (Å²) in [5, 5.41) is 8.43. The van der Waals surface area contributed by atoms with Crippen LogP contribution < -0.4 is 0 Å². The zero-order valence-corrected chi connectivity index (χ0v) is 7.67. The summed E-state index contributed by atoms with van der Waals surface area (Å²) in [5.74, 6) is 0.667. The van der Waals surface area contributed by atoms with Crippen molar-refractivity contribution in [3.63, 3.8) is 0 Å². The molecule has 4 heteroatoms. The summed E-state index contributed by atoms with van der Waals surface area (Å²) >= 11 is 5.27.